The molecule has 1 unspecified atom stereocenters. The summed E-state index contributed by atoms with van der Waals surface area (Å²) in [5.74, 6) is -0.669. The molecule has 0 fully saturated rings. The van der Waals surface area contributed by atoms with Gasteiger partial charge in [-0.05, 0) is 53.4 Å². The predicted octanol–water partition coefficient (Wildman–Crippen LogP) is 4.21. The number of carboxylic acid groups (broad SMARTS) is 1. The molecule has 2 aromatic carbocycles. The summed E-state index contributed by atoms with van der Waals surface area (Å²) < 4.78 is 36.8. The molecule has 0 spiro atoms. The molecule has 3 heterocycles. The van der Waals surface area contributed by atoms with Gasteiger partial charge in [0.05, 0.1) is 20.1 Å². The second-order valence-electron chi connectivity index (χ2n) is 9.18. The first-order valence-corrected chi connectivity index (χ1v) is 13.5. The van der Waals surface area contributed by atoms with Crippen LogP contribution in [0.1, 0.15) is 34.6 Å². The van der Waals surface area contributed by atoms with E-state index in [-0.39, 0.29) is 36.9 Å². The third-order valence-corrected chi connectivity index (χ3v) is 8.71. The SMILES string of the molecule is COc1cc(C(CC(=O)O)c2ccc(C)c(CN3CCOc4ncccc4S3(O)O)c2)cc2nnn(C)c12. The average molecular weight is 540 g/mol. The van der Waals surface area contributed by atoms with Crippen LogP contribution < -0.4 is 9.47 Å². The van der Waals surface area contributed by atoms with Gasteiger partial charge in [0.2, 0.25) is 5.88 Å². The zero-order chi connectivity index (χ0) is 27.0. The average Bonchev–Trinajstić information content (AvgIpc) is 3.22. The zero-order valence-electron chi connectivity index (χ0n) is 21.2. The van der Waals surface area contributed by atoms with Gasteiger partial charge >= 0.3 is 5.97 Å². The van der Waals surface area contributed by atoms with Crippen molar-refractivity contribution in [2.24, 2.45) is 7.05 Å². The second kappa shape index (κ2) is 10.2. The fourth-order valence-corrected chi connectivity index (χ4v) is 6.31. The molecule has 0 amide bonds. The van der Waals surface area contributed by atoms with E-state index < -0.39 is 22.7 Å². The minimum Gasteiger partial charge on any atom is -0.494 e. The number of carbonyl (C=O) groups is 1. The van der Waals surface area contributed by atoms with Crippen molar-refractivity contribution in [1.82, 2.24) is 24.3 Å². The molecule has 1 atom stereocenters. The number of ether oxygens (including phenoxy) is 2. The van der Waals surface area contributed by atoms with E-state index in [1.807, 2.05) is 37.3 Å². The third kappa shape index (κ3) is 4.78. The molecule has 0 aliphatic carbocycles. The maximum Gasteiger partial charge on any atom is 0.304 e. The standard InChI is InChI=1S/C26H29N5O6S/c1-16-6-7-17(11-19(16)15-31-9-10-37-26-23(38(31,34)35)5-4-8-27-26)20(14-24(32)33)18-12-21-25(22(13-18)36-3)30(2)29-28-21/h4-8,11-13,20,34-35H,9-10,14-15H2,1-3H3,(H,32,33). The van der Waals surface area contributed by atoms with Crippen LogP contribution in [-0.2, 0) is 18.4 Å². The molecule has 2 aromatic heterocycles. The Balaban J connectivity index is 1.54. The highest BCUT2D eigenvalue weighted by molar-refractivity contribution is 8.22. The summed E-state index contributed by atoms with van der Waals surface area (Å²) in [5.41, 5.74) is 4.63. The predicted molar refractivity (Wildman–Crippen MR) is 142 cm³/mol. The van der Waals surface area contributed by atoms with Crippen molar-refractivity contribution < 1.29 is 28.5 Å². The Hall–Kier alpha value is -3.71. The largest absolute Gasteiger partial charge is 0.494 e. The monoisotopic (exact) mass is 539 g/mol. The number of carboxylic acids is 1. The van der Waals surface area contributed by atoms with E-state index in [4.69, 9.17) is 9.47 Å². The van der Waals surface area contributed by atoms with Crippen LogP contribution >= 0.6 is 10.8 Å². The third-order valence-electron chi connectivity index (χ3n) is 6.78. The van der Waals surface area contributed by atoms with Crippen LogP contribution in [0.25, 0.3) is 11.0 Å². The Morgan fingerprint density at radius 1 is 1.21 bits per heavy atom. The number of hydrogen-bond acceptors (Lipinski definition) is 9. The van der Waals surface area contributed by atoms with Crippen molar-refractivity contribution in [3.8, 4) is 11.6 Å². The minimum atomic E-state index is -3.35. The molecule has 12 heteroatoms. The first-order chi connectivity index (χ1) is 18.2. The smallest absolute Gasteiger partial charge is 0.304 e. The highest BCUT2D eigenvalue weighted by Gasteiger charge is 2.32. The molecule has 3 N–H and O–H groups in total. The summed E-state index contributed by atoms with van der Waals surface area (Å²) in [6.07, 6.45) is 1.40. The molecule has 38 heavy (non-hydrogen) atoms. The number of nitrogens with zero attached hydrogens (tertiary/aromatic N) is 5. The molecular formula is C26H29N5O6S. The Bertz CT molecular complexity index is 1510. The lowest BCUT2D eigenvalue weighted by molar-refractivity contribution is -0.137. The molecule has 11 nitrogen and oxygen atoms in total. The number of aliphatic carboxylic acids is 1. The van der Waals surface area contributed by atoms with Crippen LogP contribution in [0.2, 0.25) is 0 Å². The van der Waals surface area contributed by atoms with Crippen molar-refractivity contribution >= 4 is 27.8 Å². The molecule has 0 radical (unpaired) electrons. The van der Waals surface area contributed by atoms with Gasteiger partial charge in [-0.1, -0.05) is 23.4 Å². The van der Waals surface area contributed by atoms with Crippen molar-refractivity contribution in [3.05, 3.63) is 70.9 Å². The minimum absolute atomic E-state index is 0.150. The van der Waals surface area contributed by atoms with E-state index >= 15 is 0 Å². The topological polar surface area (TPSA) is 143 Å². The van der Waals surface area contributed by atoms with E-state index in [1.165, 1.54) is 0 Å². The molecular weight excluding hydrogens is 510 g/mol. The Kier molecular flexibility index (Phi) is 6.97. The van der Waals surface area contributed by atoms with Gasteiger partial charge in [-0.25, -0.2) is 9.67 Å². The van der Waals surface area contributed by atoms with Crippen LogP contribution in [0.15, 0.2) is 53.6 Å². The Labute approximate surface area is 221 Å². The van der Waals surface area contributed by atoms with E-state index in [1.54, 1.807) is 41.5 Å². The zero-order valence-corrected chi connectivity index (χ0v) is 22.1. The van der Waals surface area contributed by atoms with Crippen LogP contribution in [0, 0.1) is 6.92 Å². The summed E-state index contributed by atoms with van der Waals surface area (Å²) in [6.45, 7) is 2.70. The molecule has 200 valence electrons. The summed E-state index contributed by atoms with van der Waals surface area (Å²) >= 11 is 0. The summed E-state index contributed by atoms with van der Waals surface area (Å²) in [7, 11) is -0.0286. The fourth-order valence-electron chi connectivity index (χ4n) is 4.78. The van der Waals surface area contributed by atoms with Gasteiger partial charge in [0.15, 0.2) is 0 Å². The number of rotatable bonds is 7. The van der Waals surface area contributed by atoms with Gasteiger partial charge in [0, 0.05) is 25.7 Å². The normalized spacial score (nSPS) is 16.8. The summed E-state index contributed by atoms with van der Waals surface area (Å²) in [6, 6.07) is 12.7. The Morgan fingerprint density at radius 3 is 2.79 bits per heavy atom. The van der Waals surface area contributed by atoms with E-state index in [0.29, 0.717) is 11.3 Å². The van der Waals surface area contributed by atoms with Gasteiger partial charge in [0.1, 0.15) is 28.3 Å². The number of pyridine rings is 1. The highest BCUT2D eigenvalue weighted by Crippen LogP contribution is 2.56. The number of fused-ring (bicyclic) bond motifs is 2. The first-order valence-electron chi connectivity index (χ1n) is 12.0. The molecule has 0 bridgehead atoms. The van der Waals surface area contributed by atoms with E-state index in [2.05, 4.69) is 15.3 Å². The lowest BCUT2D eigenvalue weighted by atomic mass is 9.86. The second-order valence-corrected chi connectivity index (χ2v) is 11.2. The van der Waals surface area contributed by atoms with Crippen molar-refractivity contribution in [2.45, 2.75) is 30.7 Å². The van der Waals surface area contributed by atoms with Crippen molar-refractivity contribution in [2.75, 3.05) is 20.3 Å². The molecule has 0 saturated heterocycles. The molecule has 1 aliphatic rings. The van der Waals surface area contributed by atoms with Gasteiger partial charge < -0.3 is 14.6 Å². The van der Waals surface area contributed by atoms with Crippen LogP contribution in [0.3, 0.4) is 0 Å². The van der Waals surface area contributed by atoms with Crippen molar-refractivity contribution in [1.29, 1.82) is 0 Å². The number of aromatic nitrogens is 4. The van der Waals surface area contributed by atoms with Gasteiger partial charge in [0.25, 0.3) is 0 Å². The lowest BCUT2D eigenvalue weighted by Crippen LogP contribution is -2.29. The quantitative estimate of drug-likeness (QED) is 0.312. The van der Waals surface area contributed by atoms with Gasteiger partial charge in [-0.15, -0.1) is 15.9 Å². The number of benzene rings is 2. The van der Waals surface area contributed by atoms with E-state index in [9.17, 15) is 19.0 Å². The fraction of sp³-hybridized carbons (Fsp3) is 0.308. The number of hydrogen-bond donors (Lipinski definition) is 3. The number of aryl methyl sites for hydroxylation is 2. The maximum absolute atomic E-state index is 11.9. The first kappa shape index (κ1) is 25.9. The highest BCUT2D eigenvalue weighted by atomic mass is 32.3. The summed E-state index contributed by atoms with van der Waals surface area (Å²) in [4.78, 5) is 16.3. The van der Waals surface area contributed by atoms with Crippen molar-refractivity contribution in [3.63, 3.8) is 0 Å². The Morgan fingerprint density at radius 2 is 2.03 bits per heavy atom. The van der Waals surface area contributed by atoms with Gasteiger partial charge in [-0.2, -0.15) is 4.31 Å². The molecule has 5 rings (SSSR count). The maximum atomic E-state index is 11.9. The molecule has 1 aliphatic heterocycles. The number of methoxy groups -OCH3 is 1. The van der Waals surface area contributed by atoms with Crippen LogP contribution in [-0.4, -0.2) is 64.7 Å². The van der Waals surface area contributed by atoms with E-state index in [0.717, 1.165) is 27.8 Å². The van der Waals surface area contributed by atoms with Crippen LogP contribution in [0.5, 0.6) is 11.6 Å². The lowest BCUT2D eigenvalue weighted by Gasteiger charge is -2.41. The van der Waals surface area contributed by atoms with Crippen LogP contribution in [0.4, 0.5) is 0 Å². The summed E-state index contributed by atoms with van der Waals surface area (Å²) in [5, 5.41) is 18.0. The molecule has 0 saturated carbocycles. The van der Waals surface area contributed by atoms with Gasteiger partial charge in [-0.3, -0.25) is 13.9 Å². The molecule has 4 aromatic rings.